The third kappa shape index (κ3) is 3.89. The summed E-state index contributed by atoms with van der Waals surface area (Å²) < 4.78 is 29.5. The van der Waals surface area contributed by atoms with Crippen molar-refractivity contribution in [1.82, 2.24) is 0 Å². The van der Waals surface area contributed by atoms with E-state index in [1.165, 1.54) is 0 Å². The van der Waals surface area contributed by atoms with Crippen molar-refractivity contribution >= 4 is 18.6 Å². The summed E-state index contributed by atoms with van der Waals surface area (Å²) in [5.41, 5.74) is 6.31. The number of ether oxygens (including phenoxy) is 1. The van der Waals surface area contributed by atoms with Crippen LogP contribution in [0.3, 0.4) is 0 Å². The molecule has 0 aliphatic heterocycles. The average molecular weight is 321 g/mol. The van der Waals surface area contributed by atoms with E-state index in [0.717, 1.165) is 0 Å². The van der Waals surface area contributed by atoms with E-state index in [2.05, 4.69) is 0 Å². The molecule has 2 N–H and O–H groups in total. The number of hydrogen-bond donors (Lipinski definition) is 1. The fraction of sp³-hybridized carbons (Fsp3) is 0.250. The highest BCUT2D eigenvalue weighted by molar-refractivity contribution is 7.62. The largest absolute Gasteiger partial charge is 0.456 e. The second kappa shape index (κ2) is 7.45. The summed E-state index contributed by atoms with van der Waals surface area (Å²) >= 11 is 0. The molecule has 2 aromatic carbocycles. The first-order chi connectivity index (χ1) is 10.6. The highest BCUT2D eigenvalue weighted by atomic mass is 31.2. The van der Waals surface area contributed by atoms with Crippen LogP contribution in [0.5, 0.6) is 11.5 Å². The molecule has 22 heavy (non-hydrogen) atoms. The lowest BCUT2D eigenvalue weighted by atomic mass is 10.3. The standard InChI is InChI=1S/C16H20NO4P/c1-3-19-22(18,20-4-2)16-8-6-5-7-15(16)21-14-11-9-13(17)10-12-14/h5-12H,3-4,17H2,1-2H3. The van der Waals surface area contributed by atoms with Crippen molar-refractivity contribution in [2.75, 3.05) is 18.9 Å². The lowest BCUT2D eigenvalue weighted by molar-refractivity contribution is 0.229. The van der Waals surface area contributed by atoms with E-state index < -0.39 is 7.60 Å². The number of hydrogen-bond acceptors (Lipinski definition) is 5. The molecule has 5 nitrogen and oxygen atoms in total. The Hall–Kier alpha value is -1.81. The van der Waals surface area contributed by atoms with Gasteiger partial charge in [-0.15, -0.1) is 0 Å². The SMILES string of the molecule is CCOP(=O)(OCC)c1ccccc1Oc1ccc(N)cc1. The third-order valence-corrected chi connectivity index (χ3v) is 5.02. The zero-order valence-electron chi connectivity index (χ0n) is 12.7. The molecule has 0 spiro atoms. The smallest absolute Gasteiger partial charge is 0.365 e. The molecule has 0 aliphatic carbocycles. The minimum absolute atomic E-state index is 0.285. The Bertz CT molecular complexity index is 647. The lowest BCUT2D eigenvalue weighted by Gasteiger charge is -2.20. The minimum atomic E-state index is -3.41. The van der Waals surface area contributed by atoms with Gasteiger partial charge in [0, 0.05) is 5.69 Å². The predicted molar refractivity (Wildman–Crippen MR) is 87.9 cm³/mol. The number of nitrogen functional groups attached to an aromatic ring is 1. The predicted octanol–water partition coefficient (Wildman–Crippen LogP) is 3.95. The highest BCUT2D eigenvalue weighted by Crippen LogP contribution is 2.49. The van der Waals surface area contributed by atoms with Gasteiger partial charge in [0.15, 0.2) is 0 Å². The van der Waals surface area contributed by atoms with E-state index in [9.17, 15) is 4.57 Å². The molecule has 2 rings (SSSR count). The molecule has 0 radical (unpaired) electrons. The molecular weight excluding hydrogens is 301 g/mol. The van der Waals surface area contributed by atoms with Crippen LogP contribution in [-0.4, -0.2) is 13.2 Å². The Labute approximate surface area is 130 Å². The third-order valence-electron chi connectivity index (χ3n) is 2.87. The Balaban J connectivity index is 2.36. The number of anilines is 1. The van der Waals surface area contributed by atoms with Gasteiger partial charge in [0.2, 0.25) is 0 Å². The summed E-state index contributed by atoms with van der Waals surface area (Å²) in [5.74, 6) is 1.04. The first kappa shape index (κ1) is 16.6. The molecule has 0 atom stereocenters. The van der Waals surface area contributed by atoms with E-state index >= 15 is 0 Å². The van der Waals surface area contributed by atoms with Gasteiger partial charge < -0.3 is 19.5 Å². The molecule has 118 valence electrons. The highest BCUT2D eigenvalue weighted by Gasteiger charge is 2.30. The second-order valence-corrected chi connectivity index (χ2v) is 6.46. The number of benzene rings is 2. The van der Waals surface area contributed by atoms with Gasteiger partial charge in [-0.1, -0.05) is 12.1 Å². The molecule has 0 aliphatic rings. The number of nitrogens with two attached hydrogens (primary N) is 1. The normalized spacial score (nSPS) is 11.4. The zero-order valence-corrected chi connectivity index (χ0v) is 13.6. The van der Waals surface area contributed by atoms with Crippen LogP contribution in [0.25, 0.3) is 0 Å². The van der Waals surface area contributed by atoms with Crippen LogP contribution < -0.4 is 15.8 Å². The molecule has 0 aromatic heterocycles. The van der Waals surface area contributed by atoms with Gasteiger partial charge in [-0.3, -0.25) is 4.57 Å². The summed E-state index contributed by atoms with van der Waals surface area (Å²) in [4.78, 5) is 0. The van der Waals surface area contributed by atoms with E-state index in [1.807, 2.05) is 0 Å². The lowest BCUT2D eigenvalue weighted by Crippen LogP contribution is -2.13. The number of rotatable bonds is 7. The number of para-hydroxylation sites is 1. The Morgan fingerprint density at radius 1 is 0.955 bits per heavy atom. The fourth-order valence-electron chi connectivity index (χ4n) is 1.95. The van der Waals surface area contributed by atoms with Gasteiger partial charge in [-0.25, -0.2) is 0 Å². The zero-order chi connectivity index (χ0) is 16.0. The second-order valence-electron chi connectivity index (χ2n) is 4.47. The fourth-order valence-corrected chi connectivity index (χ4v) is 3.64. The van der Waals surface area contributed by atoms with Crippen LogP contribution in [0.2, 0.25) is 0 Å². The quantitative estimate of drug-likeness (QED) is 0.617. The van der Waals surface area contributed by atoms with Crippen LogP contribution in [0, 0.1) is 0 Å². The topological polar surface area (TPSA) is 70.8 Å². The van der Waals surface area contributed by atoms with Crippen molar-refractivity contribution in [2.24, 2.45) is 0 Å². The van der Waals surface area contributed by atoms with Crippen LogP contribution in [0.15, 0.2) is 48.5 Å². The van der Waals surface area contributed by atoms with Crippen LogP contribution >= 0.6 is 7.60 Å². The van der Waals surface area contributed by atoms with Crippen molar-refractivity contribution in [1.29, 1.82) is 0 Å². The maximum atomic E-state index is 12.9. The Morgan fingerprint density at radius 2 is 1.55 bits per heavy atom. The summed E-state index contributed by atoms with van der Waals surface area (Å²) in [5, 5.41) is 0.413. The van der Waals surface area contributed by atoms with Gasteiger partial charge in [0.1, 0.15) is 16.8 Å². The molecule has 0 bridgehead atoms. The molecule has 2 aromatic rings. The monoisotopic (exact) mass is 321 g/mol. The van der Waals surface area contributed by atoms with Crippen molar-refractivity contribution in [2.45, 2.75) is 13.8 Å². The first-order valence-electron chi connectivity index (χ1n) is 7.11. The van der Waals surface area contributed by atoms with Gasteiger partial charge in [-0.2, -0.15) is 0 Å². The molecule has 0 saturated heterocycles. The maximum Gasteiger partial charge on any atom is 0.365 e. The van der Waals surface area contributed by atoms with Gasteiger partial charge >= 0.3 is 7.60 Å². The van der Waals surface area contributed by atoms with Gasteiger partial charge in [-0.05, 0) is 50.2 Å². The Kier molecular flexibility index (Phi) is 5.61. The van der Waals surface area contributed by atoms with Crippen LogP contribution in [0.1, 0.15) is 13.8 Å². The molecule has 0 amide bonds. The minimum Gasteiger partial charge on any atom is -0.456 e. The first-order valence-corrected chi connectivity index (χ1v) is 8.65. The maximum absolute atomic E-state index is 12.9. The van der Waals surface area contributed by atoms with Crippen molar-refractivity contribution in [3.63, 3.8) is 0 Å². The van der Waals surface area contributed by atoms with Gasteiger partial charge in [0.05, 0.1) is 13.2 Å². The Morgan fingerprint density at radius 3 is 2.14 bits per heavy atom. The summed E-state index contributed by atoms with van der Waals surface area (Å²) in [6.45, 7) is 4.12. The molecule has 0 fully saturated rings. The van der Waals surface area contributed by atoms with Crippen molar-refractivity contribution in [3.8, 4) is 11.5 Å². The summed E-state index contributed by atoms with van der Waals surface area (Å²) in [6.07, 6.45) is 0. The van der Waals surface area contributed by atoms with E-state index in [1.54, 1.807) is 62.4 Å². The van der Waals surface area contributed by atoms with E-state index in [0.29, 0.717) is 22.5 Å². The van der Waals surface area contributed by atoms with Crippen molar-refractivity contribution in [3.05, 3.63) is 48.5 Å². The van der Waals surface area contributed by atoms with E-state index in [4.69, 9.17) is 19.5 Å². The summed E-state index contributed by atoms with van der Waals surface area (Å²) in [6, 6.07) is 14.0. The summed E-state index contributed by atoms with van der Waals surface area (Å²) in [7, 11) is -3.41. The van der Waals surface area contributed by atoms with Crippen molar-refractivity contribution < 1.29 is 18.3 Å². The molecule has 6 heteroatoms. The molecular formula is C16H20NO4P. The van der Waals surface area contributed by atoms with Crippen LogP contribution in [0.4, 0.5) is 5.69 Å². The average Bonchev–Trinajstić information content (AvgIpc) is 2.50. The van der Waals surface area contributed by atoms with Crippen LogP contribution in [-0.2, 0) is 13.6 Å². The van der Waals surface area contributed by atoms with E-state index in [-0.39, 0.29) is 13.2 Å². The molecule has 0 saturated carbocycles. The molecule has 0 unspecified atom stereocenters. The van der Waals surface area contributed by atoms with Gasteiger partial charge in [0.25, 0.3) is 0 Å². The molecule has 0 heterocycles.